The van der Waals surface area contributed by atoms with Gasteiger partial charge in [0.1, 0.15) is 0 Å². The minimum Gasteiger partial charge on any atom is -0.352 e. The highest BCUT2D eigenvalue weighted by molar-refractivity contribution is 7.91. The standard InChI is InChI=1S/C15H16N2O3S/c18-14(17-13-6-8-21(19,20)10-13)9-12-4-1-3-11-5-2-7-16-15(11)12/h1-5,7,13H,6,8-10H2,(H,17,18)/t13-/m0/s1. The molecule has 0 radical (unpaired) electrons. The fraction of sp³-hybridized carbons (Fsp3) is 0.333. The van der Waals surface area contributed by atoms with E-state index in [1.807, 2.05) is 30.3 Å². The van der Waals surface area contributed by atoms with Crippen molar-refractivity contribution < 1.29 is 13.2 Å². The van der Waals surface area contributed by atoms with Gasteiger partial charge in [-0.05, 0) is 18.1 Å². The topological polar surface area (TPSA) is 76.1 Å². The highest BCUT2D eigenvalue weighted by atomic mass is 32.2. The van der Waals surface area contributed by atoms with Crippen molar-refractivity contribution >= 4 is 26.6 Å². The Morgan fingerprint density at radius 2 is 2.10 bits per heavy atom. The Morgan fingerprint density at radius 3 is 2.86 bits per heavy atom. The number of rotatable bonds is 3. The van der Waals surface area contributed by atoms with Gasteiger partial charge in [-0.1, -0.05) is 24.3 Å². The van der Waals surface area contributed by atoms with Crippen LogP contribution < -0.4 is 5.32 Å². The van der Waals surface area contributed by atoms with Gasteiger partial charge in [-0.15, -0.1) is 0 Å². The molecule has 1 aliphatic heterocycles. The number of pyridine rings is 1. The second-order valence-corrected chi connectivity index (χ2v) is 7.57. The van der Waals surface area contributed by atoms with Gasteiger partial charge >= 0.3 is 0 Å². The van der Waals surface area contributed by atoms with Crippen LogP contribution in [0.15, 0.2) is 36.5 Å². The fourth-order valence-electron chi connectivity index (χ4n) is 2.67. The van der Waals surface area contributed by atoms with E-state index in [4.69, 9.17) is 0 Å². The number of hydrogen-bond donors (Lipinski definition) is 1. The van der Waals surface area contributed by atoms with Crippen molar-refractivity contribution in [1.29, 1.82) is 0 Å². The maximum Gasteiger partial charge on any atom is 0.224 e. The fourth-order valence-corrected chi connectivity index (χ4v) is 4.34. The predicted octanol–water partition coefficient (Wildman–Crippen LogP) is 1.08. The highest BCUT2D eigenvalue weighted by Gasteiger charge is 2.28. The number of nitrogens with one attached hydrogen (secondary N) is 1. The summed E-state index contributed by atoms with van der Waals surface area (Å²) in [5.74, 6) is 0.0515. The summed E-state index contributed by atoms with van der Waals surface area (Å²) in [5, 5.41) is 3.79. The summed E-state index contributed by atoms with van der Waals surface area (Å²) in [6.45, 7) is 0. The van der Waals surface area contributed by atoms with Crippen LogP contribution in [0, 0.1) is 0 Å². The van der Waals surface area contributed by atoms with Gasteiger partial charge in [0, 0.05) is 17.6 Å². The SMILES string of the molecule is O=C(Cc1cccc2cccnc12)N[C@H]1CCS(=O)(=O)C1. The van der Waals surface area contributed by atoms with E-state index in [0.717, 1.165) is 16.5 Å². The van der Waals surface area contributed by atoms with Gasteiger partial charge in [-0.2, -0.15) is 0 Å². The van der Waals surface area contributed by atoms with Gasteiger partial charge in [0.05, 0.1) is 23.4 Å². The van der Waals surface area contributed by atoms with Crippen LogP contribution in [0.4, 0.5) is 0 Å². The zero-order valence-corrected chi connectivity index (χ0v) is 12.3. The summed E-state index contributed by atoms with van der Waals surface area (Å²) < 4.78 is 22.8. The third-order valence-corrected chi connectivity index (χ3v) is 5.43. The summed E-state index contributed by atoms with van der Waals surface area (Å²) in [6.07, 6.45) is 2.42. The second kappa shape index (κ2) is 5.44. The largest absolute Gasteiger partial charge is 0.352 e. The number of sulfone groups is 1. The minimum absolute atomic E-state index is 0.0481. The number of carbonyl (C=O) groups excluding carboxylic acids is 1. The van der Waals surface area contributed by atoms with Crippen molar-refractivity contribution in [3.05, 3.63) is 42.1 Å². The van der Waals surface area contributed by atoms with Crippen molar-refractivity contribution in [2.45, 2.75) is 18.9 Å². The summed E-state index contributed by atoms with van der Waals surface area (Å²) in [4.78, 5) is 16.4. The first-order valence-corrected chi connectivity index (χ1v) is 8.68. The molecular weight excluding hydrogens is 288 g/mol. The number of hydrogen-bond acceptors (Lipinski definition) is 4. The maximum absolute atomic E-state index is 12.1. The summed E-state index contributed by atoms with van der Waals surface area (Å²) in [5.41, 5.74) is 1.67. The predicted molar refractivity (Wildman–Crippen MR) is 80.6 cm³/mol. The molecule has 5 nitrogen and oxygen atoms in total. The van der Waals surface area contributed by atoms with Crippen molar-refractivity contribution in [3.8, 4) is 0 Å². The van der Waals surface area contributed by atoms with Crippen molar-refractivity contribution in [3.63, 3.8) is 0 Å². The molecule has 3 rings (SSSR count). The quantitative estimate of drug-likeness (QED) is 0.920. The monoisotopic (exact) mass is 304 g/mol. The molecule has 2 heterocycles. The molecule has 1 fully saturated rings. The Bertz CT molecular complexity index is 781. The molecule has 0 saturated carbocycles. The van der Waals surface area contributed by atoms with E-state index in [9.17, 15) is 13.2 Å². The Kier molecular flexibility index (Phi) is 3.63. The molecule has 0 spiro atoms. The van der Waals surface area contributed by atoms with Crippen LogP contribution in [0.5, 0.6) is 0 Å². The maximum atomic E-state index is 12.1. The van der Waals surface area contributed by atoms with Gasteiger partial charge in [0.25, 0.3) is 0 Å². The molecule has 1 amide bonds. The van der Waals surface area contributed by atoms with Crippen LogP contribution >= 0.6 is 0 Å². The van der Waals surface area contributed by atoms with E-state index < -0.39 is 9.84 Å². The van der Waals surface area contributed by atoms with Crippen LogP contribution in [0.25, 0.3) is 10.9 Å². The average Bonchev–Trinajstić information content (AvgIpc) is 2.78. The lowest BCUT2D eigenvalue weighted by atomic mass is 10.1. The van der Waals surface area contributed by atoms with E-state index in [2.05, 4.69) is 10.3 Å². The van der Waals surface area contributed by atoms with Crippen LogP contribution in [-0.4, -0.2) is 36.9 Å². The van der Waals surface area contributed by atoms with Gasteiger partial charge in [-0.3, -0.25) is 9.78 Å². The first-order valence-electron chi connectivity index (χ1n) is 6.86. The number of aromatic nitrogens is 1. The molecule has 1 aliphatic rings. The molecule has 1 saturated heterocycles. The zero-order chi connectivity index (χ0) is 14.9. The van der Waals surface area contributed by atoms with Crippen LogP contribution in [0.3, 0.4) is 0 Å². The summed E-state index contributed by atoms with van der Waals surface area (Å²) in [7, 11) is -2.98. The number of fused-ring (bicyclic) bond motifs is 1. The summed E-state index contributed by atoms with van der Waals surface area (Å²) in [6, 6.07) is 9.27. The van der Waals surface area contributed by atoms with Crippen molar-refractivity contribution in [2.75, 3.05) is 11.5 Å². The molecule has 0 aliphatic carbocycles. The Morgan fingerprint density at radius 1 is 1.29 bits per heavy atom. The minimum atomic E-state index is -2.98. The molecule has 2 aromatic rings. The second-order valence-electron chi connectivity index (χ2n) is 5.34. The van der Waals surface area contributed by atoms with Crippen molar-refractivity contribution in [1.82, 2.24) is 10.3 Å². The summed E-state index contributed by atoms with van der Waals surface area (Å²) >= 11 is 0. The lowest BCUT2D eigenvalue weighted by Gasteiger charge is -2.11. The lowest BCUT2D eigenvalue weighted by Crippen LogP contribution is -2.36. The number of amides is 1. The van der Waals surface area contributed by atoms with Gasteiger partial charge in [-0.25, -0.2) is 8.42 Å². The molecular formula is C15H16N2O3S. The Balaban J connectivity index is 1.72. The third kappa shape index (κ3) is 3.21. The molecule has 1 N–H and O–H groups in total. The normalized spacial score (nSPS) is 20.5. The van der Waals surface area contributed by atoms with Crippen molar-refractivity contribution in [2.24, 2.45) is 0 Å². The zero-order valence-electron chi connectivity index (χ0n) is 11.5. The van der Waals surface area contributed by atoms with E-state index in [0.29, 0.717) is 6.42 Å². The van der Waals surface area contributed by atoms with E-state index in [1.54, 1.807) is 6.20 Å². The number of carbonyl (C=O) groups is 1. The average molecular weight is 304 g/mol. The molecule has 110 valence electrons. The molecule has 1 atom stereocenters. The Hall–Kier alpha value is -1.95. The first-order chi connectivity index (χ1) is 10.0. The van der Waals surface area contributed by atoms with E-state index >= 15 is 0 Å². The highest BCUT2D eigenvalue weighted by Crippen LogP contribution is 2.17. The molecule has 0 unspecified atom stereocenters. The molecule has 1 aromatic heterocycles. The third-order valence-electron chi connectivity index (χ3n) is 3.66. The molecule has 0 bridgehead atoms. The van der Waals surface area contributed by atoms with Gasteiger partial charge < -0.3 is 5.32 Å². The number of benzene rings is 1. The first kappa shape index (κ1) is 14.0. The van der Waals surface area contributed by atoms with Gasteiger partial charge in [0.2, 0.25) is 5.91 Å². The van der Waals surface area contributed by atoms with Gasteiger partial charge in [0.15, 0.2) is 9.84 Å². The Labute approximate surface area is 123 Å². The number of nitrogens with zero attached hydrogens (tertiary/aromatic N) is 1. The van der Waals surface area contributed by atoms with E-state index in [-0.39, 0.29) is 29.9 Å². The smallest absolute Gasteiger partial charge is 0.224 e. The molecule has 21 heavy (non-hydrogen) atoms. The van der Waals surface area contributed by atoms with Crippen LogP contribution in [0.2, 0.25) is 0 Å². The van der Waals surface area contributed by atoms with Crippen LogP contribution in [-0.2, 0) is 21.1 Å². The molecule has 6 heteroatoms. The van der Waals surface area contributed by atoms with E-state index in [1.165, 1.54) is 0 Å². The lowest BCUT2D eigenvalue weighted by molar-refractivity contribution is -0.120. The van der Waals surface area contributed by atoms with Crippen LogP contribution in [0.1, 0.15) is 12.0 Å². The number of para-hydroxylation sites is 1. The molecule has 1 aromatic carbocycles.